The van der Waals surface area contributed by atoms with Crippen LogP contribution in [0.25, 0.3) is 10.8 Å². The maximum Gasteiger partial charge on any atom is 0.192 e. The first kappa shape index (κ1) is 24.7. The third kappa shape index (κ3) is 3.88. The van der Waals surface area contributed by atoms with E-state index in [0.717, 1.165) is 5.39 Å². The number of benzene rings is 2. The summed E-state index contributed by atoms with van der Waals surface area (Å²) in [5.74, 6) is -0.796. The molecular weight excluding hydrogens is 466 g/mol. The highest BCUT2D eigenvalue weighted by atomic mass is 16.7. The lowest BCUT2D eigenvalue weighted by molar-refractivity contribution is -0.239. The molecule has 0 aromatic heterocycles. The number of ketones is 3. The predicted octanol–water partition coefficient (Wildman–Crippen LogP) is 1.85. The van der Waals surface area contributed by atoms with Crippen molar-refractivity contribution in [2.45, 2.75) is 69.4 Å². The van der Waals surface area contributed by atoms with Crippen molar-refractivity contribution in [3.05, 3.63) is 52.6 Å². The first-order valence-electron chi connectivity index (χ1n) is 11.9. The lowest BCUT2D eigenvalue weighted by Crippen LogP contribution is -2.54. The van der Waals surface area contributed by atoms with E-state index in [-0.39, 0.29) is 41.5 Å². The van der Waals surface area contributed by atoms with E-state index in [2.05, 4.69) is 0 Å². The molecule has 3 aliphatic rings. The van der Waals surface area contributed by atoms with E-state index < -0.39 is 53.6 Å². The fraction of sp³-hybridized carbons (Fsp3) is 0.444. The van der Waals surface area contributed by atoms with Crippen LogP contribution in [-0.4, -0.2) is 70.9 Å². The first-order chi connectivity index (χ1) is 17.0. The van der Waals surface area contributed by atoms with Gasteiger partial charge in [0.15, 0.2) is 23.6 Å². The van der Waals surface area contributed by atoms with Crippen molar-refractivity contribution in [3.63, 3.8) is 0 Å². The monoisotopic (exact) mass is 495 g/mol. The molecule has 5 rings (SSSR count). The van der Waals surface area contributed by atoms with Gasteiger partial charge in [-0.1, -0.05) is 12.1 Å². The van der Waals surface area contributed by atoms with Crippen molar-refractivity contribution < 1.29 is 38.8 Å². The summed E-state index contributed by atoms with van der Waals surface area (Å²) in [7, 11) is 1.53. The second-order valence-corrected chi connectivity index (χ2v) is 9.88. The highest BCUT2D eigenvalue weighted by Crippen LogP contribution is 2.43. The quantitative estimate of drug-likeness (QED) is 0.578. The van der Waals surface area contributed by atoms with Crippen LogP contribution in [0, 0.1) is 0 Å². The molecule has 2 aromatic rings. The van der Waals surface area contributed by atoms with Crippen LogP contribution in [0.2, 0.25) is 0 Å². The average molecular weight is 496 g/mol. The van der Waals surface area contributed by atoms with E-state index in [4.69, 9.17) is 19.9 Å². The molecular formula is C27H29NO8. The molecule has 0 spiro atoms. The van der Waals surface area contributed by atoms with Crippen LogP contribution in [0.3, 0.4) is 0 Å². The second kappa shape index (κ2) is 8.86. The number of methoxy groups -OCH3 is 1. The molecule has 36 heavy (non-hydrogen) atoms. The second-order valence-electron chi connectivity index (χ2n) is 9.88. The molecule has 2 aromatic carbocycles. The molecule has 1 aliphatic heterocycles. The maximum atomic E-state index is 13.9. The minimum Gasteiger partial charge on any atom is -0.496 e. The van der Waals surface area contributed by atoms with Crippen LogP contribution in [0.4, 0.5) is 0 Å². The van der Waals surface area contributed by atoms with E-state index in [0.29, 0.717) is 11.1 Å². The van der Waals surface area contributed by atoms with E-state index in [9.17, 15) is 24.6 Å². The number of aliphatic hydroxyl groups excluding tert-OH is 1. The normalized spacial score (nSPS) is 32.3. The highest BCUT2D eigenvalue weighted by Gasteiger charge is 2.50. The van der Waals surface area contributed by atoms with Gasteiger partial charge in [-0.25, -0.2) is 0 Å². The van der Waals surface area contributed by atoms with Gasteiger partial charge in [0.2, 0.25) is 0 Å². The fourth-order valence-corrected chi connectivity index (χ4v) is 5.45. The first-order valence-corrected chi connectivity index (χ1v) is 11.9. The lowest BCUT2D eigenvalue weighted by atomic mass is 9.69. The molecule has 2 aliphatic carbocycles. The van der Waals surface area contributed by atoms with E-state index in [1.54, 1.807) is 31.2 Å². The minimum absolute atomic E-state index is 0.0666. The molecule has 6 atom stereocenters. The van der Waals surface area contributed by atoms with Crippen molar-refractivity contribution in [1.29, 1.82) is 0 Å². The lowest BCUT2D eigenvalue weighted by Gasteiger charge is -2.42. The summed E-state index contributed by atoms with van der Waals surface area (Å²) in [5, 5.41) is 22.7. The molecule has 9 heteroatoms. The van der Waals surface area contributed by atoms with Crippen molar-refractivity contribution in [3.8, 4) is 5.75 Å². The zero-order chi connectivity index (χ0) is 25.9. The number of Topliss-reactive ketones (excluding diaryl/α,β-unsaturated/α-hetero) is 3. The maximum absolute atomic E-state index is 13.9. The standard InChI is InChI=1S/C27H29NO8/c1-12-24(30)19(28)9-22(35-12)36-21-11-27(33,13(2)29)10-18-23(21)26(32)17-8-15-14(7-16(17)25(18)31)5-4-6-20(15)34-3/h4-8,12,19,21-22,24,30,33H,9-11,28H2,1-3H3/t12-,19-,21+,22-,24+,27+/m1/s1. The number of ether oxygens (including phenoxy) is 3. The third-order valence-corrected chi connectivity index (χ3v) is 7.57. The van der Waals surface area contributed by atoms with Gasteiger partial charge in [-0.2, -0.15) is 0 Å². The summed E-state index contributed by atoms with van der Waals surface area (Å²) in [6.07, 6.45) is -3.83. The molecule has 0 saturated carbocycles. The summed E-state index contributed by atoms with van der Waals surface area (Å²) < 4.78 is 17.3. The van der Waals surface area contributed by atoms with Crippen LogP contribution in [0.5, 0.6) is 5.75 Å². The van der Waals surface area contributed by atoms with Crippen LogP contribution < -0.4 is 10.5 Å². The van der Waals surface area contributed by atoms with Gasteiger partial charge in [0.1, 0.15) is 11.4 Å². The topological polar surface area (TPSA) is 145 Å². The molecule has 0 amide bonds. The van der Waals surface area contributed by atoms with Gasteiger partial charge in [0.05, 0.1) is 25.4 Å². The van der Waals surface area contributed by atoms with Crippen LogP contribution >= 0.6 is 0 Å². The summed E-state index contributed by atoms with van der Waals surface area (Å²) >= 11 is 0. The Morgan fingerprint density at radius 2 is 1.92 bits per heavy atom. The van der Waals surface area contributed by atoms with Crippen LogP contribution in [-0.2, 0) is 14.3 Å². The zero-order valence-electron chi connectivity index (χ0n) is 20.3. The van der Waals surface area contributed by atoms with Crippen LogP contribution in [0.15, 0.2) is 41.5 Å². The number of aliphatic hydroxyl groups is 2. The molecule has 190 valence electrons. The number of hydrogen-bond acceptors (Lipinski definition) is 9. The molecule has 4 N–H and O–H groups in total. The number of fused-ring (bicyclic) bond motifs is 2. The molecule has 0 radical (unpaired) electrons. The smallest absolute Gasteiger partial charge is 0.192 e. The highest BCUT2D eigenvalue weighted by molar-refractivity contribution is 6.29. The summed E-state index contributed by atoms with van der Waals surface area (Å²) in [6, 6.07) is 8.04. The van der Waals surface area contributed by atoms with Gasteiger partial charge in [0, 0.05) is 53.0 Å². The van der Waals surface area contributed by atoms with Crippen LogP contribution in [0.1, 0.15) is 53.8 Å². The van der Waals surface area contributed by atoms with E-state index >= 15 is 0 Å². The predicted molar refractivity (Wildman–Crippen MR) is 129 cm³/mol. The van der Waals surface area contributed by atoms with Crippen molar-refractivity contribution in [2.75, 3.05) is 7.11 Å². The van der Waals surface area contributed by atoms with E-state index in [1.165, 1.54) is 14.0 Å². The Bertz CT molecular complexity index is 1300. The van der Waals surface area contributed by atoms with Gasteiger partial charge in [-0.3, -0.25) is 14.4 Å². The van der Waals surface area contributed by atoms with Crippen molar-refractivity contribution >= 4 is 28.1 Å². The number of carbonyl (C=O) groups excluding carboxylic acids is 3. The Morgan fingerprint density at radius 1 is 1.19 bits per heavy atom. The number of hydrogen-bond donors (Lipinski definition) is 3. The Kier molecular flexibility index (Phi) is 6.09. The molecule has 1 saturated heterocycles. The van der Waals surface area contributed by atoms with Gasteiger partial charge < -0.3 is 30.2 Å². The zero-order valence-corrected chi connectivity index (χ0v) is 20.3. The van der Waals surface area contributed by atoms with Gasteiger partial charge in [-0.05, 0) is 37.4 Å². The molecule has 1 heterocycles. The molecule has 9 nitrogen and oxygen atoms in total. The summed E-state index contributed by atoms with van der Waals surface area (Å²) in [4.78, 5) is 40.0. The largest absolute Gasteiger partial charge is 0.496 e. The Labute approximate surface area is 207 Å². The van der Waals surface area contributed by atoms with Gasteiger partial charge in [-0.15, -0.1) is 0 Å². The molecule has 0 unspecified atom stereocenters. The Morgan fingerprint density at radius 3 is 2.58 bits per heavy atom. The fourth-order valence-electron chi connectivity index (χ4n) is 5.45. The van der Waals surface area contributed by atoms with Crippen molar-refractivity contribution in [2.24, 2.45) is 5.73 Å². The average Bonchev–Trinajstić information content (AvgIpc) is 2.84. The Hall–Kier alpha value is -2.95. The summed E-state index contributed by atoms with van der Waals surface area (Å²) in [6.45, 7) is 2.90. The van der Waals surface area contributed by atoms with Gasteiger partial charge >= 0.3 is 0 Å². The molecule has 0 bridgehead atoms. The number of nitrogens with two attached hydrogens (primary N) is 1. The number of carbonyl (C=O) groups is 3. The van der Waals surface area contributed by atoms with Crippen molar-refractivity contribution in [1.82, 2.24) is 0 Å². The summed E-state index contributed by atoms with van der Waals surface area (Å²) in [5.41, 5.74) is 4.75. The van der Waals surface area contributed by atoms with Gasteiger partial charge in [0.25, 0.3) is 0 Å². The number of rotatable bonds is 4. The Balaban J connectivity index is 1.60. The molecule has 1 fully saturated rings. The van der Waals surface area contributed by atoms with E-state index in [1.807, 2.05) is 6.07 Å². The minimum atomic E-state index is -1.88. The SMILES string of the molecule is COc1cccc2cc3c(cc12)C(=O)C1=C(C[C@@](O)(C(C)=O)C[C@@H]1O[C@@H]1C[C@@H](N)[C@@H](O)[C@@H](C)O1)C3=O. The third-order valence-electron chi connectivity index (χ3n) is 7.57.